The zero-order valence-corrected chi connectivity index (χ0v) is 23.3. The highest BCUT2D eigenvalue weighted by molar-refractivity contribution is 5.69. The second-order valence-electron chi connectivity index (χ2n) is 10.2. The van der Waals surface area contributed by atoms with Gasteiger partial charge < -0.3 is 19.7 Å². The number of esters is 2. The van der Waals surface area contributed by atoms with Gasteiger partial charge in [0.15, 0.2) is 0 Å². The Morgan fingerprint density at radius 1 is 0.361 bits per heavy atom. The Hall–Kier alpha value is -1.14. The summed E-state index contributed by atoms with van der Waals surface area (Å²) in [5, 5.41) is 17.5. The number of aliphatic hydroxyl groups excluding tert-OH is 2. The molecule has 0 aromatic carbocycles. The number of hydrogen-bond acceptors (Lipinski definition) is 6. The van der Waals surface area contributed by atoms with Gasteiger partial charge in [-0.15, -0.1) is 0 Å². The van der Waals surface area contributed by atoms with Gasteiger partial charge in [0, 0.05) is 26.1 Å². The fraction of sp³-hybridized carbons (Fsp3) is 0.933. The summed E-state index contributed by atoms with van der Waals surface area (Å²) in [5.41, 5.74) is 0. The third kappa shape index (κ3) is 29.1. The molecule has 0 spiro atoms. The lowest BCUT2D eigenvalue weighted by Crippen LogP contribution is -2.05. The van der Waals surface area contributed by atoms with Crippen LogP contribution in [0.5, 0.6) is 0 Å². The first-order chi connectivity index (χ1) is 17.7. The topological polar surface area (TPSA) is 93.1 Å². The molecule has 0 saturated carbocycles. The molecule has 214 valence electrons. The van der Waals surface area contributed by atoms with Gasteiger partial charge in [0.05, 0.1) is 13.2 Å². The maximum Gasteiger partial charge on any atom is 0.305 e. The summed E-state index contributed by atoms with van der Waals surface area (Å²) >= 11 is 0. The average molecular weight is 515 g/mol. The van der Waals surface area contributed by atoms with E-state index in [1.807, 2.05) is 0 Å². The molecule has 36 heavy (non-hydrogen) atoms. The van der Waals surface area contributed by atoms with Gasteiger partial charge in [-0.2, -0.15) is 0 Å². The molecule has 0 radical (unpaired) electrons. The van der Waals surface area contributed by atoms with Crippen LogP contribution in [0.4, 0.5) is 0 Å². The summed E-state index contributed by atoms with van der Waals surface area (Å²) in [4.78, 5) is 23.5. The van der Waals surface area contributed by atoms with Crippen molar-refractivity contribution in [1.82, 2.24) is 0 Å². The Bertz CT molecular complexity index is 426. The lowest BCUT2D eigenvalue weighted by Gasteiger charge is -2.06. The number of aliphatic hydroxyl groups is 2. The van der Waals surface area contributed by atoms with Gasteiger partial charge in [0.2, 0.25) is 0 Å². The van der Waals surface area contributed by atoms with Crippen LogP contribution in [0.2, 0.25) is 0 Å². The van der Waals surface area contributed by atoms with E-state index >= 15 is 0 Å². The normalized spacial score (nSPS) is 11.1. The van der Waals surface area contributed by atoms with E-state index in [0.29, 0.717) is 26.1 Å². The standard InChI is InChI=1S/C30H58O6/c31-25-19-13-7-9-15-21-27-35-29(33)23-17-11-5-3-1-2-4-6-12-18-24-30(34)36-28-22-16-10-8-14-20-26-32/h31-32H,1-28H2. The largest absolute Gasteiger partial charge is 0.466 e. The summed E-state index contributed by atoms with van der Waals surface area (Å²) in [7, 11) is 0. The molecule has 0 fully saturated rings. The molecule has 0 saturated heterocycles. The van der Waals surface area contributed by atoms with E-state index in [0.717, 1.165) is 103 Å². The van der Waals surface area contributed by atoms with E-state index in [1.54, 1.807) is 0 Å². The molecule has 0 aliphatic rings. The van der Waals surface area contributed by atoms with Crippen molar-refractivity contribution in [2.24, 2.45) is 0 Å². The molecule has 0 heterocycles. The Labute approximate surface area is 221 Å². The van der Waals surface area contributed by atoms with Gasteiger partial charge in [-0.3, -0.25) is 9.59 Å². The van der Waals surface area contributed by atoms with Gasteiger partial charge in [0.25, 0.3) is 0 Å². The molecule has 0 amide bonds. The van der Waals surface area contributed by atoms with Gasteiger partial charge in [-0.1, -0.05) is 103 Å². The van der Waals surface area contributed by atoms with Crippen LogP contribution in [0.15, 0.2) is 0 Å². The van der Waals surface area contributed by atoms with E-state index < -0.39 is 0 Å². The fourth-order valence-electron chi connectivity index (χ4n) is 4.31. The number of rotatable bonds is 29. The van der Waals surface area contributed by atoms with Crippen molar-refractivity contribution in [1.29, 1.82) is 0 Å². The van der Waals surface area contributed by atoms with Crippen LogP contribution >= 0.6 is 0 Å². The van der Waals surface area contributed by atoms with E-state index in [-0.39, 0.29) is 25.2 Å². The van der Waals surface area contributed by atoms with Crippen molar-refractivity contribution in [2.75, 3.05) is 26.4 Å². The van der Waals surface area contributed by atoms with E-state index in [2.05, 4.69) is 0 Å². The molecule has 0 unspecified atom stereocenters. The Morgan fingerprint density at radius 3 is 0.917 bits per heavy atom. The van der Waals surface area contributed by atoms with Crippen LogP contribution < -0.4 is 0 Å². The quantitative estimate of drug-likeness (QED) is 0.0797. The maximum atomic E-state index is 11.8. The monoisotopic (exact) mass is 514 g/mol. The van der Waals surface area contributed by atoms with Crippen LogP contribution in [0.1, 0.15) is 154 Å². The predicted octanol–water partition coefficient (Wildman–Crippen LogP) is 7.42. The summed E-state index contributed by atoms with van der Waals surface area (Å²) in [6, 6.07) is 0. The molecule has 0 rings (SSSR count). The smallest absolute Gasteiger partial charge is 0.305 e. The van der Waals surface area contributed by atoms with Gasteiger partial charge in [-0.25, -0.2) is 0 Å². The highest BCUT2D eigenvalue weighted by Crippen LogP contribution is 2.13. The first-order valence-electron chi connectivity index (χ1n) is 15.2. The molecule has 0 aromatic rings. The molecule has 0 aromatic heterocycles. The third-order valence-electron chi connectivity index (χ3n) is 6.64. The molecule has 0 atom stereocenters. The van der Waals surface area contributed by atoms with Crippen LogP contribution in [0, 0.1) is 0 Å². The summed E-state index contributed by atoms with van der Waals surface area (Å²) in [6.45, 7) is 1.67. The lowest BCUT2D eigenvalue weighted by atomic mass is 10.1. The van der Waals surface area contributed by atoms with Crippen LogP contribution in [0.3, 0.4) is 0 Å². The molecule has 0 aliphatic heterocycles. The zero-order valence-electron chi connectivity index (χ0n) is 23.3. The molecule has 6 nitrogen and oxygen atoms in total. The predicted molar refractivity (Wildman–Crippen MR) is 147 cm³/mol. The summed E-state index contributed by atoms with van der Waals surface area (Å²) in [5.74, 6) is -0.103. The second kappa shape index (κ2) is 30.1. The molecular weight excluding hydrogens is 456 g/mol. The number of ether oxygens (including phenoxy) is 2. The minimum atomic E-state index is -0.0514. The maximum absolute atomic E-state index is 11.8. The number of carbonyl (C=O) groups excluding carboxylic acids is 2. The first-order valence-corrected chi connectivity index (χ1v) is 15.2. The van der Waals surface area contributed by atoms with E-state index in [4.69, 9.17) is 19.7 Å². The van der Waals surface area contributed by atoms with Crippen molar-refractivity contribution in [3.8, 4) is 0 Å². The van der Waals surface area contributed by atoms with Crippen LogP contribution in [-0.4, -0.2) is 48.6 Å². The fourth-order valence-corrected chi connectivity index (χ4v) is 4.31. The zero-order chi connectivity index (χ0) is 26.4. The summed E-state index contributed by atoms with van der Waals surface area (Å²) in [6.07, 6.45) is 25.2. The van der Waals surface area contributed by atoms with Gasteiger partial charge in [0.1, 0.15) is 0 Å². The van der Waals surface area contributed by atoms with Crippen molar-refractivity contribution in [2.45, 2.75) is 154 Å². The Kier molecular flexibility index (Phi) is 29.1. The molecule has 0 aliphatic carbocycles. The van der Waals surface area contributed by atoms with Crippen LogP contribution in [-0.2, 0) is 19.1 Å². The molecular formula is C30H58O6. The Balaban J connectivity index is 3.22. The third-order valence-corrected chi connectivity index (χ3v) is 6.64. The SMILES string of the molecule is O=C(CCCCCCCCCCCCC(=O)OCCCCCCCCO)OCCCCCCCCO. The molecule has 0 bridgehead atoms. The summed E-state index contributed by atoms with van der Waals surface area (Å²) < 4.78 is 10.6. The number of hydrogen-bond donors (Lipinski definition) is 2. The minimum absolute atomic E-state index is 0.0514. The van der Waals surface area contributed by atoms with Gasteiger partial charge >= 0.3 is 11.9 Å². The van der Waals surface area contributed by atoms with E-state index in [9.17, 15) is 9.59 Å². The second-order valence-corrected chi connectivity index (χ2v) is 10.2. The first kappa shape index (κ1) is 34.9. The minimum Gasteiger partial charge on any atom is -0.466 e. The van der Waals surface area contributed by atoms with Crippen molar-refractivity contribution < 1.29 is 29.3 Å². The Morgan fingerprint density at radius 2 is 0.611 bits per heavy atom. The van der Waals surface area contributed by atoms with Crippen LogP contribution in [0.25, 0.3) is 0 Å². The number of carbonyl (C=O) groups is 2. The van der Waals surface area contributed by atoms with Gasteiger partial charge in [-0.05, 0) is 38.5 Å². The van der Waals surface area contributed by atoms with Crippen molar-refractivity contribution >= 4 is 11.9 Å². The van der Waals surface area contributed by atoms with Crippen molar-refractivity contribution in [3.05, 3.63) is 0 Å². The highest BCUT2D eigenvalue weighted by atomic mass is 16.5. The average Bonchev–Trinajstić information content (AvgIpc) is 2.87. The van der Waals surface area contributed by atoms with Crippen molar-refractivity contribution in [3.63, 3.8) is 0 Å². The molecule has 6 heteroatoms. The van der Waals surface area contributed by atoms with E-state index in [1.165, 1.54) is 38.5 Å². The number of unbranched alkanes of at least 4 members (excludes halogenated alkanes) is 19. The highest BCUT2D eigenvalue weighted by Gasteiger charge is 2.04. The molecule has 2 N–H and O–H groups in total. The lowest BCUT2D eigenvalue weighted by molar-refractivity contribution is -0.144.